The number of azide groups is 1. The van der Waals surface area contributed by atoms with Crippen molar-refractivity contribution in [3.8, 4) is 5.75 Å². The fourth-order valence-corrected chi connectivity index (χ4v) is 1.48. The third-order valence-corrected chi connectivity index (χ3v) is 2.28. The number of hydrogen-bond acceptors (Lipinski definition) is 2. The second kappa shape index (κ2) is 5.83. The molecule has 1 rings (SSSR count). The van der Waals surface area contributed by atoms with Gasteiger partial charge in [0.25, 0.3) is 0 Å². The van der Waals surface area contributed by atoms with Crippen LogP contribution in [-0.4, -0.2) is 11.7 Å². The Bertz CT molecular complexity index is 423. The number of aromatic hydroxyl groups is 1. The van der Waals surface area contributed by atoms with E-state index in [1.54, 1.807) is 0 Å². The maximum atomic E-state index is 9.59. The zero-order valence-electron chi connectivity index (χ0n) is 9.51. The molecule has 0 aliphatic rings. The van der Waals surface area contributed by atoms with Crippen molar-refractivity contribution in [1.29, 1.82) is 0 Å². The monoisotopic (exact) mass is 217 g/mol. The topological polar surface area (TPSA) is 69.0 Å². The molecule has 0 saturated carbocycles. The summed E-state index contributed by atoms with van der Waals surface area (Å²) in [6, 6.07) is 3.85. The summed E-state index contributed by atoms with van der Waals surface area (Å²) < 4.78 is 0. The van der Waals surface area contributed by atoms with Gasteiger partial charge in [-0.3, -0.25) is 0 Å². The van der Waals surface area contributed by atoms with Gasteiger partial charge < -0.3 is 5.11 Å². The van der Waals surface area contributed by atoms with Crippen molar-refractivity contribution in [2.45, 2.75) is 20.3 Å². The first kappa shape index (κ1) is 12.1. The van der Waals surface area contributed by atoms with E-state index in [0.717, 1.165) is 23.1 Å². The van der Waals surface area contributed by atoms with E-state index in [1.165, 1.54) is 0 Å². The molecule has 0 saturated heterocycles. The van der Waals surface area contributed by atoms with Gasteiger partial charge >= 0.3 is 0 Å². The lowest BCUT2D eigenvalue weighted by molar-refractivity contribution is 0.467. The largest absolute Gasteiger partial charge is 0.507 e. The van der Waals surface area contributed by atoms with Crippen LogP contribution in [0, 0.1) is 13.8 Å². The van der Waals surface area contributed by atoms with Gasteiger partial charge in [-0.25, -0.2) is 0 Å². The highest BCUT2D eigenvalue weighted by Gasteiger charge is 2.00. The molecule has 0 spiro atoms. The molecule has 0 fully saturated rings. The molecule has 0 aliphatic carbocycles. The third-order valence-electron chi connectivity index (χ3n) is 2.28. The third kappa shape index (κ3) is 3.33. The van der Waals surface area contributed by atoms with Crippen molar-refractivity contribution in [2.75, 3.05) is 6.54 Å². The molecule has 0 heterocycles. The van der Waals surface area contributed by atoms with Crippen molar-refractivity contribution >= 4 is 6.08 Å². The van der Waals surface area contributed by atoms with Gasteiger partial charge in [-0.15, -0.1) is 0 Å². The lowest BCUT2D eigenvalue weighted by Gasteiger charge is -2.04. The average molecular weight is 217 g/mol. The van der Waals surface area contributed by atoms with E-state index in [4.69, 9.17) is 5.53 Å². The Morgan fingerprint density at radius 3 is 2.56 bits per heavy atom. The summed E-state index contributed by atoms with van der Waals surface area (Å²) in [5.41, 5.74) is 10.9. The van der Waals surface area contributed by atoms with Crippen LogP contribution in [0.15, 0.2) is 23.3 Å². The van der Waals surface area contributed by atoms with Crippen LogP contribution in [0.1, 0.15) is 23.1 Å². The summed E-state index contributed by atoms with van der Waals surface area (Å²) in [5, 5.41) is 13.0. The van der Waals surface area contributed by atoms with Crippen LogP contribution in [0.3, 0.4) is 0 Å². The Balaban J connectivity index is 2.71. The first-order chi connectivity index (χ1) is 7.65. The second-order valence-electron chi connectivity index (χ2n) is 3.65. The van der Waals surface area contributed by atoms with E-state index >= 15 is 0 Å². The molecule has 84 valence electrons. The minimum absolute atomic E-state index is 0.353. The maximum Gasteiger partial charge on any atom is 0.121 e. The summed E-state index contributed by atoms with van der Waals surface area (Å²) in [4.78, 5) is 2.68. The Labute approximate surface area is 94.9 Å². The SMILES string of the molecule is Cc1cc(C=CCCN=[N+]=[N-])cc(C)c1O. The smallest absolute Gasteiger partial charge is 0.121 e. The molecule has 4 nitrogen and oxygen atoms in total. The molecule has 1 aromatic carbocycles. The molecule has 1 N–H and O–H groups in total. The van der Waals surface area contributed by atoms with Gasteiger partial charge in [0.05, 0.1) is 0 Å². The van der Waals surface area contributed by atoms with Crippen LogP contribution in [0.4, 0.5) is 0 Å². The standard InChI is InChI=1S/C12H15N3O/c1-9-7-11(8-10(2)12(9)16)5-3-4-6-14-15-13/h3,5,7-8,16H,4,6H2,1-2H3. The summed E-state index contributed by atoms with van der Waals surface area (Å²) >= 11 is 0. The van der Waals surface area contributed by atoms with Crippen LogP contribution in [-0.2, 0) is 0 Å². The normalized spacial score (nSPS) is 10.4. The lowest BCUT2D eigenvalue weighted by atomic mass is 10.1. The van der Waals surface area contributed by atoms with Gasteiger partial charge in [0.2, 0.25) is 0 Å². The van der Waals surface area contributed by atoms with E-state index in [9.17, 15) is 5.11 Å². The van der Waals surface area contributed by atoms with E-state index in [0.29, 0.717) is 12.3 Å². The van der Waals surface area contributed by atoms with Crippen molar-refractivity contribution in [3.63, 3.8) is 0 Å². The minimum Gasteiger partial charge on any atom is -0.507 e. The predicted octanol–water partition coefficient (Wildman–Crippen LogP) is 3.72. The molecule has 4 heteroatoms. The quantitative estimate of drug-likeness (QED) is 0.355. The Morgan fingerprint density at radius 2 is 2.00 bits per heavy atom. The van der Waals surface area contributed by atoms with Crippen LogP contribution in [0.2, 0.25) is 0 Å². The van der Waals surface area contributed by atoms with E-state index in [-0.39, 0.29) is 0 Å². The zero-order valence-corrected chi connectivity index (χ0v) is 9.51. The number of phenolic OH excluding ortho intramolecular Hbond substituents is 1. The molecule has 0 atom stereocenters. The minimum atomic E-state index is 0.353. The van der Waals surface area contributed by atoms with Crippen molar-refractivity contribution in [1.82, 2.24) is 0 Å². The van der Waals surface area contributed by atoms with E-state index in [1.807, 2.05) is 38.1 Å². The molecule has 0 unspecified atom stereocenters. The molecule has 16 heavy (non-hydrogen) atoms. The molecule has 0 amide bonds. The van der Waals surface area contributed by atoms with Gasteiger partial charge in [0, 0.05) is 11.5 Å². The fraction of sp³-hybridized carbons (Fsp3) is 0.333. The number of benzene rings is 1. The summed E-state index contributed by atoms with van der Waals surface area (Å²) in [5.74, 6) is 0.353. The molecular weight excluding hydrogens is 202 g/mol. The van der Waals surface area contributed by atoms with Gasteiger partial charge in [0.15, 0.2) is 0 Å². The van der Waals surface area contributed by atoms with Gasteiger partial charge in [-0.05, 0) is 54.6 Å². The van der Waals surface area contributed by atoms with Gasteiger partial charge in [0.1, 0.15) is 5.75 Å². The van der Waals surface area contributed by atoms with Gasteiger partial charge in [-0.2, -0.15) is 0 Å². The molecule has 1 aromatic rings. The Morgan fingerprint density at radius 1 is 1.38 bits per heavy atom. The molecule has 0 bridgehead atoms. The summed E-state index contributed by atoms with van der Waals surface area (Å²) in [6.45, 7) is 4.22. The Hall–Kier alpha value is -1.93. The van der Waals surface area contributed by atoms with E-state index in [2.05, 4.69) is 10.0 Å². The maximum absolute atomic E-state index is 9.59. The zero-order chi connectivity index (χ0) is 12.0. The molecular formula is C12H15N3O. The molecule has 0 radical (unpaired) electrons. The van der Waals surface area contributed by atoms with Crippen molar-refractivity contribution in [3.05, 3.63) is 45.3 Å². The number of aryl methyl sites for hydroxylation is 2. The lowest BCUT2D eigenvalue weighted by Crippen LogP contribution is -1.83. The average Bonchev–Trinajstić information content (AvgIpc) is 2.25. The first-order valence-electron chi connectivity index (χ1n) is 5.12. The number of phenols is 1. The highest BCUT2D eigenvalue weighted by Crippen LogP contribution is 2.23. The van der Waals surface area contributed by atoms with Gasteiger partial charge in [-0.1, -0.05) is 17.3 Å². The Kier molecular flexibility index (Phi) is 4.42. The first-order valence-corrected chi connectivity index (χ1v) is 5.12. The summed E-state index contributed by atoms with van der Waals surface area (Å²) in [7, 11) is 0. The van der Waals surface area contributed by atoms with Crippen LogP contribution in [0.5, 0.6) is 5.75 Å². The van der Waals surface area contributed by atoms with E-state index < -0.39 is 0 Å². The molecule has 0 aliphatic heterocycles. The second-order valence-corrected chi connectivity index (χ2v) is 3.65. The van der Waals surface area contributed by atoms with Crippen LogP contribution >= 0.6 is 0 Å². The highest BCUT2D eigenvalue weighted by atomic mass is 16.3. The number of nitrogens with zero attached hydrogens (tertiary/aromatic N) is 3. The van der Waals surface area contributed by atoms with Crippen molar-refractivity contribution < 1.29 is 5.11 Å². The number of rotatable bonds is 4. The predicted molar refractivity (Wildman–Crippen MR) is 65.2 cm³/mol. The highest BCUT2D eigenvalue weighted by molar-refractivity contribution is 5.55. The van der Waals surface area contributed by atoms with Crippen molar-refractivity contribution in [2.24, 2.45) is 5.11 Å². The molecule has 0 aromatic heterocycles. The van der Waals surface area contributed by atoms with Crippen LogP contribution < -0.4 is 0 Å². The summed E-state index contributed by atoms with van der Waals surface area (Å²) in [6.07, 6.45) is 4.65. The van der Waals surface area contributed by atoms with Crippen LogP contribution in [0.25, 0.3) is 16.5 Å². The fourth-order valence-electron chi connectivity index (χ4n) is 1.48. The number of hydrogen-bond donors (Lipinski definition) is 1.